The van der Waals surface area contributed by atoms with E-state index in [-0.39, 0.29) is 0 Å². The molecule has 0 amide bonds. The van der Waals surface area contributed by atoms with E-state index in [1.165, 1.54) is 28.9 Å². The van der Waals surface area contributed by atoms with E-state index < -0.39 is 0 Å². The smallest absolute Gasteiger partial charge is 0.0366 e. The van der Waals surface area contributed by atoms with Gasteiger partial charge in [0.15, 0.2) is 0 Å². The first-order valence-corrected chi connectivity index (χ1v) is 11.2. The Kier molecular flexibility index (Phi) is 8.76. The standard InChI is InChI=1S/C23H33IN2/c1-5-25(6-2)21-14-9-19(10-15-21)11-18-23(24)20-12-16-22(17-13-20)26(7-3)8-4/h9-10,12-17,23H,5-8,11,18H2,1-4H3. The maximum atomic E-state index is 2.59. The van der Waals surface area contributed by atoms with E-state index in [2.05, 4.69) is 109 Å². The zero-order chi connectivity index (χ0) is 18.9. The van der Waals surface area contributed by atoms with E-state index in [1.807, 2.05) is 0 Å². The molecule has 2 aromatic carbocycles. The van der Waals surface area contributed by atoms with Crippen LogP contribution >= 0.6 is 22.6 Å². The molecule has 1 atom stereocenters. The van der Waals surface area contributed by atoms with Crippen LogP contribution in [0.1, 0.15) is 49.2 Å². The Hall–Kier alpha value is -1.23. The van der Waals surface area contributed by atoms with Gasteiger partial charge in [0.1, 0.15) is 0 Å². The first kappa shape index (κ1) is 21.1. The average molecular weight is 464 g/mol. The van der Waals surface area contributed by atoms with Gasteiger partial charge >= 0.3 is 0 Å². The third-order valence-electron chi connectivity index (χ3n) is 5.13. The van der Waals surface area contributed by atoms with Crippen molar-refractivity contribution >= 4 is 34.0 Å². The van der Waals surface area contributed by atoms with Crippen LogP contribution in [0.3, 0.4) is 0 Å². The summed E-state index contributed by atoms with van der Waals surface area (Å²) in [7, 11) is 0. The van der Waals surface area contributed by atoms with Crippen LogP contribution in [0.25, 0.3) is 0 Å². The quantitative estimate of drug-likeness (QED) is 0.293. The second-order valence-electron chi connectivity index (χ2n) is 6.61. The lowest BCUT2D eigenvalue weighted by molar-refractivity contribution is 0.821. The molecule has 2 nitrogen and oxygen atoms in total. The molecule has 0 aliphatic rings. The molecule has 0 radical (unpaired) electrons. The van der Waals surface area contributed by atoms with Crippen molar-refractivity contribution in [2.24, 2.45) is 0 Å². The summed E-state index contributed by atoms with van der Waals surface area (Å²) in [6.07, 6.45) is 2.31. The predicted molar refractivity (Wildman–Crippen MR) is 125 cm³/mol. The molecule has 0 spiro atoms. The molecule has 3 heteroatoms. The monoisotopic (exact) mass is 464 g/mol. The van der Waals surface area contributed by atoms with Crippen molar-refractivity contribution in [2.45, 2.75) is 44.5 Å². The second-order valence-corrected chi connectivity index (χ2v) is 8.11. The SMILES string of the molecule is CCN(CC)c1ccc(CCC(I)c2ccc(N(CC)CC)cc2)cc1. The summed E-state index contributed by atoms with van der Waals surface area (Å²) in [4.78, 5) is 4.78. The maximum Gasteiger partial charge on any atom is 0.0366 e. The molecule has 0 N–H and O–H groups in total. The molecule has 2 rings (SSSR count). The normalized spacial score (nSPS) is 12.0. The highest BCUT2D eigenvalue weighted by molar-refractivity contribution is 14.1. The zero-order valence-corrected chi connectivity index (χ0v) is 18.9. The van der Waals surface area contributed by atoms with Gasteiger partial charge in [-0.2, -0.15) is 0 Å². The van der Waals surface area contributed by atoms with Crippen LogP contribution in [0.5, 0.6) is 0 Å². The van der Waals surface area contributed by atoms with Crippen molar-refractivity contribution in [3.05, 3.63) is 59.7 Å². The Morgan fingerprint density at radius 3 is 1.54 bits per heavy atom. The lowest BCUT2D eigenvalue weighted by Gasteiger charge is -2.22. The maximum absolute atomic E-state index is 2.59. The summed E-state index contributed by atoms with van der Waals surface area (Å²) in [5.41, 5.74) is 5.52. The molecule has 0 fully saturated rings. The molecular formula is C23H33IN2. The molecule has 0 saturated heterocycles. The van der Waals surface area contributed by atoms with Crippen molar-refractivity contribution < 1.29 is 0 Å². The number of hydrogen-bond acceptors (Lipinski definition) is 2. The van der Waals surface area contributed by atoms with E-state index in [4.69, 9.17) is 0 Å². The Morgan fingerprint density at radius 1 is 0.692 bits per heavy atom. The minimum atomic E-state index is 0.556. The van der Waals surface area contributed by atoms with Crippen LogP contribution in [0.2, 0.25) is 0 Å². The van der Waals surface area contributed by atoms with Crippen LogP contribution in [0.4, 0.5) is 11.4 Å². The summed E-state index contributed by atoms with van der Waals surface area (Å²) in [6, 6.07) is 18.3. The summed E-state index contributed by atoms with van der Waals surface area (Å²) >= 11 is 2.59. The fourth-order valence-electron chi connectivity index (χ4n) is 3.40. The number of alkyl halides is 1. The van der Waals surface area contributed by atoms with Gasteiger partial charge in [0.25, 0.3) is 0 Å². The summed E-state index contributed by atoms with van der Waals surface area (Å²) in [6.45, 7) is 13.1. The highest BCUT2D eigenvalue weighted by Crippen LogP contribution is 2.30. The first-order valence-electron chi connectivity index (χ1n) is 9.95. The highest BCUT2D eigenvalue weighted by Gasteiger charge is 2.09. The van der Waals surface area contributed by atoms with Crippen LogP contribution in [-0.4, -0.2) is 26.2 Å². The van der Waals surface area contributed by atoms with E-state index in [0.29, 0.717) is 3.92 Å². The molecule has 1 unspecified atom stereocenters. The van der Waals surface area contributed by atoms with Gasteiger partial charge in [-0.05, 0) is 75.9 Å². The second kappa shape index (κ2) is 10.8. The number of halogens is 1. The Balaban J connectivity index is 1.92. The van der Waals surface area contributed by atoms with E-state index in [1.54, 1.807) is 0 Å². The van der Waals surface area contributed by atoms with E-state index in [0.717, 1.165) is 32.6 Å². The first-order chi connectivity index (χ1) is 12.6. The van der Waals surface area contributed by atoms with Crippen LogP contribution in [0.15, 0.2) is 48.5 Å². The Morgan fingerprint density at radius 2 is 1.12 bits per heavy atom. The number of rotatable bonds is 10. The average Bonchev–Trinajstić information content (AvgIpc) is 2.69. The lowest BCUT2D eigenvalue weighted by Crippen LogP contribution is -2.21. The van der Waals surface area contributed by atoms with Gasteiger partial charge in [0.2, 0.25) is 0 Å². The molecule has 2 aromatic rings. The molecule has 0 aliphatic heterocycles. The molecule has 0 bridgehead atoms. The number of aryl methyl sites for hydroxylation is 1. The molecule has 0 aromatic heterocycles. The van der Waals surface area contributed by atoms with Gasteiger partial charge in [-0.1, -0.05) is 46.9 Å². The number of hydrogen-bond donors (Lipinski definition) is 0. The van der Waals surface area contributed by atoms with Crippen LogP contribution in [-0.2, 0) is 6.42 Å². The number of benzene rings is 2. The van der Waals surface area contributed by atoms with Gasteiger partial charge in [-0.15, -0.1) is 0 Å². The summed E-state index contributed by atoms with van der Waals surface area (Å²) in [5, 5.41) is 0. The van der Waals surface area contributed by atoms with Gasteiger partial charge < -0.3 is 9.80 Å². The van der Waals surface area contributed by atoms with Gasteiger partial charge in [-0.25, -0.2) is 0 Å². The Labute approximate surface area is 173 Å². The minimum Gasteiger partial charge on any atom is -0.372 e. The number of nitrogens with zero attached hydrogens (tertiary/aromatic N) is 2. The molecule has 0 aliphatic carbocycles. The minimum absolute atomic E-state index is 0.556. The Bertz CT molecular complexity index is 628. The van der Waals surface area contributed by atoms with Crippen LogP contribution in [0, 0.1) is 0 Å². The zero-order valence-electron chi connectivity index (χ0n) is 16.7. The molecule has 0 saturated carbocycles. The highest BCUT2D eigenvalue weighted by atomic mass is 127. The topological polar surface area (TPSA) is 6.48 Å². The van der Waals surface area contributed by atoms with E-state index >= 15 is 0 Å². The van der Waals surface area contributed by atoms with Crippen molar-refractivity contribution in [3.63, 3.8) is 0 Å². The van der Waals surface area contributed by atoms with E-state index in [9.17, 15) is 0 Å². The van der Waals surface area contributed by atoms with Crippen LogP contribution < -0.4 is 9.80 Å². The molecule has 0 heterocycles. The summed E-state index contributed by atoms with van der Waals surface area (Å²) < 4.78 is 0.556. The molecule has 142 valence electrons. The van der Waals surface area contributed by atoms with Gasteiger partial charge in [0.05, 0.1) is 0 Å². The summed E-state index contributed by atoms with van der Waals surface area (Å²) in [5.74, 6) is 0. The van der Waals surface area contributed by atoms with Gasteiger partial charge in [0, 0.05) is 41.5 Å². The number of anilines is 2. The molecular weight excluding hydrogens is 431 g/mol. The van der Waals surface area contributed by atoms with Crippen molar-refractivity contribution in [1.29, 1.82) is 0 Å². The van der Waals surface area contributed by atoms with Crippen molar-refractivity contribution in [1.82, 2.24) is 0 Å². The van der Waals surface area contributed by atoms with Crippen molar-refractivity contribution in [3.8, 4) is 0 Å². The van der Waals surface area contributed by atoms with Crippen molar-refractivity contribution in [2.75, 3.05) is 36.0 Å². The third-order valence-corrected chi connectivity index (χ3v) is 6.48. The lowest BCUT2D eigenvalue weighted by atomic mass is 10.0. The predicted octanol–water partition coefficient (Wildman–Crippen LogP) is 6.49. The fourth-order valence-corrected chi connectivity index (χ4v) is 4.13. The third kappa shape index (κ3) is 5.63. The fraction of sp³-hybridized carbons (Fsp3) is 0.478. The van der Waals surface area contributed by atoms with Gasteiger partial charge in [-0.3, -0.25) is 0 Å². The largest absolute Gasteiger partial charge is 0.372 e. The molecule has 26 heavy (non-hydrogen) atoms.